The largest absolute Gasteiger partial charge is 0.462 e. The van der Waals surface area contributed by atoms with Gasteiger partial charge in [-0.3, -0.25) is 14.4 Å². The standard InChI is InChI=1S/C59H110O6/c1-4-7-10-13-16-18-20-22-24-25-26-27-28-29-30-31-32-33-34-35-36-38-39-41-43-46-49-52-58(61)64-55-56(54-63-57(60)51-48-45-15-12-9-6-3)65-59(62)53-50-47-44-42-40-37-23-21-19-17-14-11-8-5-2/h20,22,25-26,56H,4-19,21,23-24,27-55H2,1-3H3/b22-20-,26-25-. The number of carbonyl (C=O) groups excluding carboxylic acids is 3. The van der Waals surface area contributed by atoms with Crippen LogP contribution in [0, 0.1) is 0 Å². The molecule has 0 aliphatic rings. The van der Waals surface area contributed by atoms with Gasteiger partial charge in [-0.05, 0) is 51.4 Å². The van der Waals surface area contributed by atoms with E-state index in [1.165, 1.54) is 212 Å². The van der Waals surface area contributed by atoms with Crippen LogP contribution in [0.25, 0.3) is 0 Å². The van der Waals surface area contributed by atoms with Crippen molar-refractivity contribution in [3.63, 3.8) is 0 Å². The van der Waals surface area contributed by atoms with Crippen LogP contribution in [0.3, 0.4) is 0 Å². The first-order valence-corrected chi connectivity index (χ1v) is 28.8. The Balaban J connectivity index is 4.01. The maximum absolute atomic E-state index is 12.8. The summed E-state index contributed by atoms with van der Waals surface area (Å²) in [6.07, 6.45) is 63.5. The molecule has 382 valence electrons. The average molecular weight is 916 g/mol. The molecule has 0 heterocycles. The Bertz CT molecular complexity index is 1050. The predicted octanol–water partition coefficient (Wildman–Crippen LogP) is 19.1. The fourth-order valence-electron chi connectivity index (χ4n) is 8.59. The van der Waals surface area contributed by atoms with Gasteiger partial charge in [0, 0.05) is 19.3 Å². The lowest BCUT2D eigenvalue weighted by atomic mass is 10.0. The van der Waals surface area contributed by atoms with Crippen LogP contribution in [-0.2, 0) is 28.6 Å². The molecule has 0 aliphatic heterocycles. The molecule has 0 spiro atoms. The number of esters is 3. The molecule has 0 amide bonds. The third-order valence-electron chi connectivity index (χ3n) is 13.0. The van der Waals surface area contributed by atoms with E-state index in [1.54, 1.807) is 0 Å². The molecule has 0 fully saturated rings. The molecule has 1 atom stereocenters. The van der Waals surface area contributed by atoms with Crippen molar-refractivity contribution in [2.45, 2.75) is 322 Å². The van der Waals surface area contributed by atoms with Crippen molar-refractivity contribution in [3.05, 3.63) is 24.3 Å². The van der Waals surface area contributed by atoms with E-state index >= 15 is 0 Å². The maximum atomic E-state index is 12.8. The summed E-state index contributed by atoms with van der Waals surface area (Å²) >= 11 is 0. The van der Waals surface area contributed by atoms with Crippen molar-refractivity contribution in [3.8, 4) is 0 Å². The van der Waals surface area contributed by atoms with E-state index in [0.717, 1.165) is 64.2 Å². The van der Waals surface area contributed by atoms with Gasteiger partial charge in [0.1, 0.15) is 13.2 Å². The molecule has 6 nitrogen and oxygen atoms in total. The summed E-state index contributed by atoms with van der Waals surface area (Å²) in [6.45, 7) is 6.61. The highest BCUT2D eigenvalue weighted by Crippen LogP contribution is 2.17. The molecule has 6 heteroatoms. The Hall–Kier alpha value is -2.11. The molecule has 0 bridgehead atoms. The smallest absolute Gasteiger partial charge is 0.306 e. The summed E-state index contributed by atoms with van der Waals surface area (Å²) in [6, 6.07) is 0. The van der Waals surface area contributed by atoms with E-state index in [0.29, 0.717) is 19.3 Å². The number of unbranched alkanes of at least 4 members (excludes halogenated alkanes) is 38. The molecule has 0 saturated heterocycles. The molecular weight excluding hydrogens is 805 g/mol. The second-order valence-corrected chi connectivity index (χ2v) is 19.6. The zero-order valence-corrected chi connectivity index (χ0v) is 43.8. The van der Waals surface area contributed by atoms with Crippen LogP contribution in [0.5, 0.6) is 0 Å². The van der Waals surface area contributed by atoms with Crippen molar-refractivity contribution in [1.29, 1.82) is 0 Å². The lowest BCUT2D eigenvalue weighted by Gasteiger charge is -2.18. The summed E-state index contributed by atoms with van der Waals surface area (Å²) in [5, 5.41) is 0. The molecule has 0 aromatic heterocycles. The minimum absolute atomic E-state index is 0.0662. The van der Waals surface area contributed by atoms with Gasteiger partial charge in [0.25, 0.3) is 0 Å². The predicted molar refractivity (Wildman–Crippen MR) is 279 cm³/mol. The third-order valence-corrected chi connectivity index (χ3v) is 13.0. The van der Waals surface area contributed by atoms with Gasteiger partial charge in [-0.1, -0.05) is 270 Å². The number of hydrogen-bond acceptors (Lipinski definition) is 6. The number of rotatable bonds is 53. The molecule has 0 N–H and O–H groups in total. The minimum atomic E-state index is -0.762. The van der Waals surface area contributed by atoms with Crippen LogP contribution < -0.4 is 0 Å². The van der Waals surface area contributed by atoms with Crippen molar-refractivity contribution in [1.82, 2.24) is 0 Å². The second-order valence-electron chi connectivity index (χ2n) is 19.6. The van der Waals surface area contributed by atoms with E-state index in [1.807, 2.05) is 0 Å². The van der Waals surface area contributed by atoms with Crippen molar-refractivity contribution >= 4 is 17.9 Å². The highest BCUT2D eigenvalue weighted by Gasteiger charge is 2.19. The summed E-state index contributed by atoms with van der Waals surface area (Å²) in [4.78, 5) is 37.8. The Kier molecular flexibility index (Phi) is 52.7. The zero-order valence-electron chi connectivity index (χ0n) is 43.8. The van der Waals surface area contributed by atoms with E-state index < -0.39 is 6.10 Å². The summed E-state index contributed by atoms with van der Waals surface area (Å²) in [5.41, 5.74) is 0. The van der Waals surface area contributed by atoms with Crippen LogP contribution in [-0.4, -0.2) is 37.2 Å². The monoisotopic (exact) mass is 915 g/mol. The van der Waals surface area contributed by atoms with Gasteiger partial charge in [0.15, 0.2) is 6.10 Å². The Labute approximate surface area is 404 Å². The Morgan fingerprint density at radius 3 is 0.846 bits per heavy atom. The van der Waals surface area contributed by atoms with E-state index in [9.17, 15) is 14.4 Å². The van der Waals surface area contributed by atoms with Crippen LogP contribution in [0.1, 0.15) is 316 Å². The van der Waals surface area contributed by atoms with Crippen molar-refractivity contribution < 1.29 is 28.6 Å². The van der Waals surface area contributed by atoms with Gasteiger partial charge in [0.2, 0.25) is 0 Å². The van der Waals surface area contributed by atoms with Gasteiger partial charge in [-0.25, -0.2) is 0 Å². The topological polar surface area (TPSA) is 78.9 Å². The molecule has 0 aromatic carbocycles. The second kappa shape index (κ2) is 54.5. The summed E-state index contributed by atoms with van der Waals surface area (Å²) in [5.74, 6) is -0.858. The first kappa shape index (κ1) is 62.9. The molecule has 0 aliphatic carbocycles. The number of hydrogen-bond donors (Lipinski definition) is 0. The molecule has 0 rings (SSSR count). The maximum Gasteiger partial charge on any atom is 0.306 e. The van der Waals surface area contributed by atoms with E-state index in [4.69, 9.17) is 14.2 Å². The molecule has 1 unspecified atom stereocenters. The van der Waals surface area contributed by atoms with Gasteiger partial charge in [-0.2, -0.15) is 0 Å². The SMILES string of the molecule is CCCCCCC/C=C\C/C=C\CCCCCCCCCCCCCCCCCC(=O)OCC(COC(=O)CCCCCCCC)OC(=O)CCCCCCCCCCCCCCCC. The fraction of sp³-hybridized carbons (Fsp3) is 0.881. The van der Waals surface area contributed by atoms with E-state index in [2.05, 4.69) is 45.1 Å². The van der Waals surface area contributed by atoms with E-state index in [-0.39, 0.29) is 31.1 Å². The quantitative estimate of drug-likeness (QED) is 0.0262. The molecule has 0 saturated carbocycles. The number of ether oxygens (including phenoxy) is 3. The molecular formula is C59H110O6. The number of allylic oxidation sites excluding steroid dienone is 4. The normalized spacial score (nSPS) is 12.1. The van der Waals surface area contributed by atoms with Crippen LogP contribution in [0.15, 0.2) is 24.3 Å². The molecule has 0 radical (unpaired) electrons. The minimum Gasteiger partial charge on any atom is -0.462 e. The van der Waals surface area contributed by atoms with Gasteiger partial charge < -0.3 is 14.2 Å². The van der Waals surface area contributed by atoms with Crippen LogP contribution in [0.4, 0.5) is 0 Å². The number of carbonyl (C=O) groups is 3. The summed E-state index contributed by atoms with van der Waals surface area (Å²) < 4.78 is 16.7. The first-order chi connectivity index (χ1) is 32.0. The van der Waals surface area contributed by atoms with Crippen LogP contribution in [0.2, 0.25) is 0 Å². The zero-order chi connectivity index (χ0) is 47.2. The highest BCUT2D eigenvalue weighted by molar-refractivity contribution is 5.71. The van der Waals surface area contributed by atoms with Gasteiger partial charge >= 0.3 is 17.9 Å². The summed E-state index contributed by atoms with van der Waals surface area (Å²) in [7, 11) is 0. The molecule has 0 aromatic rings. The average Bonchev–Trinajstić information content (AvgIpc) is 3.30. The van der Waals surface area contributed by atoms with Crippen molar-refractivity contribution in [2.75, 3.05) is 13.2 Å². The fourth-order valence-corrected chi connectivity index (χ4v) is 8.59. The highest BCUT2D eigenvalue weighted by atomic mass is 16.6. The first-order valence-electron chi connectivity index (χ1n) is 28.8. The van der Waals surface area contributed by atoms with Gasteiger partial charge in [-0.15, -0.1) is 0 Å². The third kappa shape index (κ3) is 52.7. The Morgan fingerprint density at radius 1 is 0.308 bits per heavy atom. The lowest BCUT2D eigenvalue weighted by Crippen LogP contribution is -2.30. The molecule has 65 heavy (non-hydrogen) atoms. The van der Waals surface area contributed by atoms with Gasteiger partial charge in [0.05, 0.1) is 0 Å². The van der Waals surface area contributed by atoms with Crippen LogP contribution >= 0.6 is 0 Å². The Morgan fingerprint density at radius 2 is 0.554 bits per heavy atom. The lowest BCUT2D eigenvalue weighted by molar-refractivity contribution is -0.167. The van der Waals surface area contributed by atoms with Crippen molar-refractivity contribution in [2.24, 2.45) is 0 Å².